The lowest BCUT2D eigenvalue weighted by Crippen LogP contribution is -2.33. The van der Waals surface area contributed by atoms with Crippen molar-refractivity contribution in [3.8, 4) is 0 Å². The molecule has 0 atom stereocenters. The second-order valence-electron chi connectivity index (χ2n) is 5.75. The monoisotopic (exact) mass is 375 g/mol. The summed E-state index contributed by atoms with van der Waals surface area (Å²) in [6.07, 6.45) is 0. The highest BCUT2D eigenvalue weighted by molar-refractivity contribution is 6.31. The summed E-state index contributed by atoms with van der Waals surface area (Å²) in [5.41, 5.74) is 0.962. The number of fused-ring (bicyclic) bond motifs is 1. The van der Waals surface area contributed by atoms with E-state index in [1.165, 1.54) is 9.58 Å². The number of carbonyl (C=O) groups excluding carboxylic acids is 1. The van der Waals surface area contributed by atoms with Crippen molar-refractivity contribution in [3.05, 3.63) is 74.0 Å². The van der Waals surface area contributed by atoms with Gasteiger partial charge in [-0.1, -0.05) is 35.3 Å². The number of aryl methyl sites for hydroxylation is 1. The molecule has 0 fully saturated rings. The van der Waals surface area contributed by atoms with Crippen molar-refractivity contribution in [2.24, 2.45) is 7.05 Å². The Hall–Kier alpha value is -2.37. The van der Waals surface area contributed by atoms with Gasteiger partial charge in [-0.25, -0.2) is 0 Å². The molecule has 5 nitrogen and oxygen atoms in total. The van der Waals surface area contributed by atoms with E-state index in [0.717, 1.165) is 5.56 Å². The molecule has 25 heavy (non-hydrogen) atoms. The van der Waals surface area contributed by atoms with E-state index in [9.17, 15) is 9.59 Å². The maximum Gasteiger partial charge on any atom is 0.278 e. The van der Waals surface area contributed by atoms with Gasteiger partial charge >= 0.3 is 0 Å². The van der Waals surface area contributed by atoms with Crippen LogP contribution in [0.1, 0.15) is 16.1 Å². The number of halogens is 2. The van der Waals surface area contributed by atoms with Gasteiger partial charge in [0.15, 0.2) is 5.69 Å². The molecule has 0 spiro atoms. The van der Waals surface area contributed by atoms with Crippen molar-refractivity contribution in [1.29, 1.82) is 0 Å². The van der Waals surface area contributed by atoms with E-state index in [-0.39, 0.29) is 5.69 Å². The third-order valence-corrected chi connectivity index (χ3v) is 4.39. The summed E-state index contributed by atoms with van der Waals surface area (Å²) in [7, 11) is 3.31. The largest absolute Gasteiger partial charge is 0.336 e. The van der Waals surface area contributed by atoms with Crippen LogP contribution in [0.2, 0.25) is 10.0 Å². The summed E-state index contributed by atoms with van der Waals surface area (Å²) < 4.78 is 1.51. The second-order valence-corrected chi connectivity index (χ2v) is 6.62. The third-order valence-electron chi connectivity index (χ3n) is 3.90. The molecule has 0 unspecified atom stereocenters. The fraction of sp³-hybridized carbons (Fsp3) is 0.167. The van der Waals surface area contributed by atoms with Crippen LogP contribution in [0, 0.1) is 0 Å². The predicted molar refractivity (Wildman–Crippen MR) is 99.2 cm³/mol. The Bertz CT molecular complexity index is 1010. The van der Waals surface area contributed by atoms with Crippen molar-refractivity contribution >= 4 is 40.0 Å². The topological polar surface area (TPSA) is 55.2 Å². The summed E-state index contributed by atoms with van der Waals surface area (Å²) in [6, 6.07) is 12.1. The number of hydrogen-bond donors (Lipinski definition) is 0. The minimum absolute atomic E-state index is 0.131. The molecule has 0 saturated carbocycles. The number of hydrogen-bond acceptors (Lipinski definition) is 3. The molecule has 3 aromatic rings. The Morgan fingerprint density at radius 2 is 1.76 bits per heavy atom. The van der Waals surface area contributed by atoms with Crippen molar-refractivity contribution < 1.29 is 4.79 Å². The summed E-state index contributed by atoms with van der Waals surface area (Å²) in [5.74, 6) is -0.447. The molecule has 0 aliphatic carbocycles. The number of aromatic nitrogens is 2. The number of rotatable bonds is 3. The fourth-order valence-corrected chi connectivity index (χ4v) is 2.90. The second kappa shape index (κ2) is 6.86. The molecular formula is C18H15Cl2N3O2. The van der Waals surface area contributed by atoms with E-state index < -0.39 is 11.3 Å². The molecule has 1 aromatic heterocycles. The molecule has 1 amide bonds. The Morgan fingerprint density at radius 3 is 2.44 bits per heavy atom. The molecular weight excluding hydrogens is 361 g/mol. The number of amides is 1. The summed E-state index contributed by atoms with van der Waals surface area (Å²) in [6.45, 7) is 0.342. The summed E-state index contributed by atoms with van der Waals surface area (Å²) in [4.78, 5) is 26.8. The Labute approximate surface area is 154 Å². The predicted octanol–water partition coefficient (Wildman–Crippen LogP) is 3.51. The van der Waals surface area contributed by atoms with Gasteiger partial charge < -0.3 is 4.90 Å². The van der Waals surface area contributed by atoms with Gasteiger partial charge in [0.05, 0.1) is 10.9 Å². The van der Waals surface area contributed by atoms with Crippen LogP contribution in [0.25, 0.3) is 10.9 Å². The standard InChI is InChI=1S/C18H15Cl2N3O2/c1-22(10-11-3-5-12(19)6-4-11)18(25)16-17(24)14-9-13(20)7-8-15(14)23(2)21-16/h3-9H,10H2,1-2H3. The van der Waals surface area contributed by atoms with Gasteiger partial charge in [-0.15, -0.1) is 0 Å². The van der Waals surface area contributed by atoms with Crippen molar-refractivity contribution in [2.75, 3.05) is 7.05 Å². The van der Waals surface area contributed by atoms with Crippen LogP contribution in [-0.4, -0.2) is 27.6 Å². The molecule has 0 aliphatic rings. The number of benzene rings is 2. The lowest BCUT2D eigenvalue weighted by Gasteiger charge is -2.17. The molecule has 7 heteroatoms. The van der Waals surface area contributed by atoms with Gasteiger partial charge in [-0.2, -0.15) is 5.10 Å². The van der Waals surface area contributed by atoms with E-state index >= 15 is 0 Å². The first kappa shape index (κ1) is 17.5. The van der Waals surface area contributed by atoms with Gasteiger partial charge in [-0.3, -0.25) is 14.3 Å². The smallest absolute Gasteiger partial charge is 0.278 e. The molecule has 0 radical (unpaired) electrons. The number of carbonyl (C=O) groups is 1. The minimum atomic E-state index is -0.447. The molecule has 3 rings (SSSR count). The van der Waals surface area contributed by atoms with E-state index in [1.54, 1.807) is 44.4 Å². The molecule has 0 N–H and O–H groups in total. The summed E-state index contributed by atoms with van der Waals surface area (Å²) in [5, 5.41) is 5.58. The third kappa shape index (κ3) is 3.52. The van der Waals surface area contributed by atoms with Crippen LogP contribution in [0.3, 0.4) is 0 Å². The first-order valence-electron chi connectivity index (χ1n) is 7.53. The van der Waals surface area contributed by atoms with Crippen LogP contribution in [0.5, 0.6) is 0 Å². The van der Waals surface area contributed by atoms with Crippen LogP contribution < -0.4 is 5.43 Å². The molecule has 2 aromatic carbocycles. The van der Waals surface area contributed by atoms with Crippen molar-refractivity contribution in [1.82, 2.24) is 14.7 Å². The van der Waals surface area contributed by atoms with Gasteiger partial charge in [0, 0.05) is 30.7 Å². The van der Waals surface area contributed by atoms with E-state index in [4.69, 9.17) is 23.2 Å². The van der Waals surface area contributed by atoms with E-state index in [0.29, 0.717) is 27.5 Å². The lowest BCUT2D eigenvalue weighted by atomic mass is 10.1. The zero-order chi connectivity index (χ0) is 18.1. The Kier molecular flexibility index (Phi) is 4.79. The quantitative estimate of drug-likeness (QED) is 0.703. The zero-order valence-electron chi connectivity index (χ0n) is 13.7. The highest BCUT2D eigenvalue weighted by Crippen LogP contribution is 2.16. The molecule has 1 heterocycles. The van der Waals surface area contributed by atoms with Crippen molar-refractivity contribution in [2.45, 2.75) is 6.54 Å². The maximum absolute atomic E-state index is 12.7. The molecule has 128 valence electrons. The van der Waals surface area contributed by atoms with E-state index in [2.05, 4.69) is 5.10 Å². The average molecular weight is 376 g/mol. The van der Waals surface area contributed by atoms with Gasteiger partial charge in [0.1, 0.15) is 0 Å². The maximum atomic E-state index is 12.7. The molecule has 0 aliphatic heterocycles. The number of nitrogens with zero attached hydrogens (tertiary/aromatic N) is 3. The normalized spacial score (nSPS) is 10.9. The van der Waals surface area contributed by atoms with Gasteiger partial charge in [0.2, 0.25) is 5.43 Å². The average Bonchev–Trinajstić information content (AvgIpc) is 2.59. The minimum Gasteiger partial charge on any atom is -0.336 e. The Morgan fingerprint density at radius 1 is 1.12 bits per heavy atom. The van der Waals surface area contributed by atoms with Gasteiger partial charge in [-0.05, 0) is 35.9 Å². The lowest BCUT2D eigenvalue weighted by molar-refractivity contribution is 0.0776. The highest BCUT2D eigenvalue weighted by Gasteiger charge is 2.20. The SMILES string of the molecule is CN(Cc1ccc(Cl)cc1)C(=O)c1nn(C)c2ccc(Cl)cc2c1=O. The summed E-state index contributed by atoms with van der Waals surface area (Å²) >= 11 is 11.9. The molecule has 0 saturated heterocycles. The molecule has 0 bridgehead atoms. The van der Waals surface area contributed by atoms with Crippen LogP contribution in [0.4, 0.5) is 0 Å². The van der Waals surface area contributed by atoms with Crippen LogP contribution >= 0.6 is 23.2 Å². The van der Waals surface area contributed by atoms with Gasteiger partial charge in [0.25, 0.3) is 5.91 Å². The fourth-order valence-electron chi connectivity index (χ4n) is 2.61. The van der Waals surface area contributed by atoms with E-state index in [1.807, 2.05) is 12.1 Å². The first-order valence-corrected chi connectivity index (χ1v) is 8.29. The Balaban J connectivity index is 1.97. The zero-order valence-corrected chi connectivity index (χ0v) is 15.2. The highest BCUT2D eigenvalue weighted by atomic mass is 35.5. The van der Waals surface area contributed by atoms with Crippen molar-refractivity contribution in [3.63, 3.8) is 0 Å². The van der Waals surface area contributed by atoms with Crippen LogP contribution in [-0.2, 0) is 13.6 Å². The first-order chi connectivity index (χ1) is 11.9. The van der Waals surface area contributed by atoms with Crippen LogP contribution in [0.15, 0.2) is 47.3 Å².